The first-order valence-electron chi connectivity index (χ1n) is 9.77. The Morgan fingerprint density at radius 1 is 1.19 bits per heavy atom. The maximum atomic E-state index is 9.14. The number of nitrogens with one attached hydrogen (secondary N) is 1. The molecule has 1 saturated heterocycles. The van der Waals surface area contributed by atoms with Crippen LogP contribution in [0.5, 0.6) is 0 Å². The van der Waals surface area contributed by atoms with Crippen molar-refractivity contribution in [1.82, 2.24) is 24.6 Å². The van der Waals surface area contributed by atoms with Crippen molar-refractivity contribution in [3.63, 3.8) is 0 Å². The number of aliphatic hydroxyl groups is 1. The highest BCUT2D eigenvalue weighted by Gasteiger charge is 2.21. The van der Waals surface area contributed by atoms with Gasteiger partial charge in [0.1, 0.15) is 12.1 Å². The van der Waals surface area contributed by atoms with Crippen molar-refractivity contribution in [3.05, 3.63) is 24.2 Å². The summed E-state index contributed by atoms with van der Waals surface area (Å²) in [6, 6.07) is 0.436. The number of likely N-dealkylation sites (tertiary alicyclic amines) is 1. The fraction of sp³-hybridized carbons (Fsp3) is 0.632. The lowest BCUT2D eigenvalue weighted by Crippen LogP contribution is -2.40. The Kier molecular flexibility index (Phi) is 5.45. The molecular formula is C19H28N6O. The average Bonchev–Trinajstić information content (AvgIpc) is 3.09. The predicted octanol–water partition coefficient (Wildman–Crippen LogP) is 2.20. The van der Waals surface area contributed by atoms with E-state index in [0.717, 1.165) is 49.3 Å². The van der Waals surface area contributed by atoms with Crippen LogP contribution in [0.3, 0.4) is 0 Å². The summed E-state index contributed by atoms with van der Waals surface area (Å²) in [5, 5.41) is 18.0. The third-order valence-electron chi connectivity index (χ3n) is 5.49. The van der Waals surface area contributed by atoms with Gasteiger partial charge in [-0.1, -0.05) is 11.6 Å². The Bertz CT molecular complexity index is 762. The summed E-state index contributed by atoms with van der Waals surface area (Å²) >= 11 is 0. The number of aliphatic hydroxyl groups excluding tert-OH is 1. The molecule has 4 rings (SSSR count). The van der Waals surface area contributed by atoms with Gasteiger partial charge in [-0.15, -0.1) is 0 Å². The predicted molar refractivity (Wildman–Crippen MR) is 102 cm³/mol. The minimum Gasteiger partial charge on any atom is -0.394 e. The SMILES string of the molecule is OCCn1ncc2c(NC3CCN(CC4=CCCCC4)CC3)ncnc21. The molecule has 2 aliphatic rings. The molecule has 1 fully saturated rings. The van der Waals surface area contributed by atoms with E-state index in [-0.39, 0.29) is 6.61 Å². The summed E-state index contributed by atoms with van der Waals surface area (Å²) in [5.41, 5.74) is 2.41. The van der Waals surface area contributed by atoms with Crippen molar-refractivity contribution >= 4 is 16.9 Å². The van der Waals surface area contributed by atoms with E-state index in [1.165, 1.54) is 25.7 Å². The van der Waals surface area contributed by atoms with E-state index in [4.69, 9.17) is 5.11 Å². The Balaban J connectivity index is 1.35. The molecule has 26 heavy (non-hydrogen) atoms. The first-order chi connectivity index (χ1) is 12.8. The number of rotatable bonds is 6. The van der Waals surface area contributed by atoms with Crippen LogP contribution in [0.15, 0.2) is 24.2 Å². The van der Waals surface area contributed by atoms with Crippen LogP contribution < -0.4 is 5.32 Å². The number of anilines is 1. The molecule has 0 spiro atoms. The molecule has 140 valence electrons. The van der Waals surface area contributed by atoms with Gasteiger partial charge < -0.3 is 10.4 Å². The quantitative estimate of drug-likeness (QED) is 0.773. The van der Waals surface area contributed by atoms with E-state index in [9.17, 15) is 0 Å². The number of nitrogens with zero attached hydrogens (tertiary/aromatic N) is 5. The molecule has 7 nitrogen and oxygen atoms in total. The molecule has 1 aliphatic heterocycles. The molecule has 0 unspecified atom stereocenters. The number of aromatic nitrogens is 4. The van der Waals surface area contributed by atoms with Gasteiger partial charge in [-0.05, 0) is 38.5 Å². The van der Waals surface area contributed by atoms with Gasteiger partial charge in [0.25, 0.3) is 0 Å². The third-order valence-corrected chi connectivity index (χ3v) is 5.49. The highest BCUT2D eigenvalue weighted by molar-refractivity contribution is 5.86. The molecule has 2 aromatic heterocycles. The normalized spacial score (nSPS) is 19.7. The van der Waals surface area contributed by atoms with Crippen molar-refractivity contribution in [2.24, 2.45) is 0 Å². The van der Waals surface area contributed by atoms with E-state index in [1.807, 2.05) is 0 Å². The summed E-state index contributed by atoms with van der Waals surface area (Å²) < 4.78 is 1.72. The zero-order chi connectivity index (χ0) is 17.8. The molecule has 0 saturated carbocycles. The average molecular weight is 356 g/mol. The van der Waals surface area contributed by atoms with Crippen LogP contribution >= 0.6 is 0 Å². The monoisotopic (exact) mass is 356 g/mol. The highest BCUT2D eigenvalue weighted by atomic mass is 16.3. The summed E-state index contributed by atoms with van der Waals surface area (Å²) in [7, 11) is 0. The van der Waals surface area contributed by atoms with Crippen LogP contribution in [0.2, 0.25) is 0 Å². The largest absolute Gasteiger partial charge is 0.394 e. The molecular weight excluding hydrogens is 328 g/mol. The van der Waals surface area contributed by atoms with Crippen molar-refractivity contribution < 1.29 is 5.11 Å². The number of hydrogen-bond acceptors (Lipinski definition) is 6. The first kappa shape index (κ1) is 17.4. The second kappa shape index (κ2) is 8.14. The fourth-order valence-corrected chi connectivity index (χ4v) is 4.03. The molecule has 7 heteroatoms. The number of hydrogen-bond donors (Lipinski definition) is 2. The maximum absolute atomic E-state index is 9.14. The van der Waals surface area contributed by atoms with Crippen molar-refractivity contribution in [2.75, 3.05) is 31.6 Å². The van der Waals surface area contributed by atoms with E-state index < -0.39 is 0 Å². The van der Waals surface area contributed by atoms with Crippen LogP contribution in [0.25, 0.3) is 11.0 Å². The third kappa shape index (κ3) is 3.88. The van der Waals surface area contributed by atoms with Gasteiger partial charge >= 0.3 is 0 Å². The molecule has 0 amide bonds. The van der Waals surface area contributed by atoms with Crippen LogP contribution in [0, 0.1) is 0 Å². The van der Waals surface area contributed by atoms with Crippen molar-refractivity contribution in [1.29, 1.82) is 0 Å². The van der Waals surface area contributed by atoms with Gasteiger partial charge in [0.05, 0.1) is 24.7 Å². The van der Waals surface area contributed by atoms with Crippen molar-refractivity contribution in [2.45, 2.75) is 51.1 Å². The van der Waals surface area contributed by atoms with Crippen LogP contribution in [0.1, 0.15) is 38.5 Å². The highest BCUT2D eigenvalue weighted by Crippen LogP contribution is 2.24. The standard InChI is InChI=1S/C19H28N6O/c26-11-10-25-19-17(12-22-25)18(20-14-21-19)23-16-6-8-24(9-7-16)13-15-4-2-1-3-5-15/h4,12,14,16,26H,1-3,5-11,13H2,(H,20,21,23). The van der Waals surface area contributed by atoms with Gasteiger partial charge in [-0.3, -0.25) is 4.90 Å². The zero-order valence-electron chi connectivity index (χ0n) is 15.3. The number of piperidine rings is 1. The van der Waals surface area contributed by atoms with E-state index in [0.29, 0.717) is 12.6 Å². The van der Waals surface area contributed by atoms with Gasteiger partial charge in [0, 0.05) is 25.7 Å². The molecule has 0 atom stereocenters. The van der Waals surface area contributed by atoms with Gasteiger partial charge in [0.2, 0.25) is 0 Å². The Labute approximate surface area is 154 Å². The summed E-state index contributed by atoms with van der Waals surface area (Å²) in [6.07, 6.45) is 13.3. The van der Waals surface area contributed by atoms with Crippen LogP contribution in [0.4, 0.5) is 5.82 Å². The summed E-state index contributed by atoms with van der Waals surface area (Å²) in [4.78, 5) is 11.3. The molecule has 2 aromatic rings. The molecule has 0 bridgehead atoms. The topological polar surface area (TPSA) is 79.1 Å². The lowest BCUT2D eigenvalue weighted by Gasteiger charge is -2.33. The van der Waals surface area contributed by atoms with Gasteiger partial charge in [-0.2, -0.15) is 5.10 Å². The Morgan fingerprint density at radius 3 is 2.85 bits per heavy atom. The molecule has 3 heterocycles. The van der Waals surface area contributed by atoms with Gasteiger partial charge in [0.15, 0.2) is 5.65 Å². The van der Waals surface area contributed by atoms with Crippen LogP contribution in [-0.4, -0.2) is 62.0 Å². The molecule has 0 aromatic carbocycles. The minimum absolute atomic E-state index is 0.0540. The summed E-state index contributed by atoms with van der Waals surface area (Å²) in [5.74, 6) is 0.854. The molecule has 2 N–H and O–H groups in total. The summed E-state index contributed by atoms with van der Waals surface area (Å²) in [6.45, 7) is 3.92. The van der Waals surface area contributed by atoms with E-state index in [1.54, 1.807) is 22.8 Å². The number of allylic oxidation sites excluding steroid dienone is 1. The minimum atomic E-state index is 0.0540. The Hall–Kier alpha value is -1.99. The lowest BCUT2D eigenvalue weighted by molar-refractivity contribution is 0.232. The number of fused-ring (bicyclic) bond motifs is 1. The molecule has 0 radical (unpaired) electrons. The second-order valence-corrected chi connectivity index (χ2v) is 7.35. The van der Waals surface area contributed by atoms with E-state index in [2.05, 4.69) is 31.4 Å². The van der Waals surface area contributed by atoms with E-state index >= 15 is 0 Å². The fourth-order valence-electron chi connectivity index (χ4n) is 4.03. The lowest BCUT2D eigenvalue weighted by atomic mass is 9.98. The Morgan fingerprint density at radius 2 is 2.08 bits per heavy atom. The van der Waals surface area contributed by atoms with Crippen molar-refractivity contribution in [3.8, 4) is 0 Å². The first-order valence-corrected chi connectivity index (χ1v) is 9.77. The molecule has 1 aliphatic carbocycles. The van der Waals surface area contributed by atoms with Gasteiger partial charge in [-0.25, -0.2) is 14.6 Å². The smallest absolute Gasteiger partial charge is 0.163 e. The maximum Gasteiger partial charge on any atom is 0.163 e. The second-order valence-electron chi connectivity index (χ2n) is 7.35. The zero-order valence-corrected chi connectivity index (χ0v) is 15.3. The van der Waals surface area contributed by atoms with Crippen LogP contribution in [-0.2, 0) is 6.54 Å².